The van der Waals surface area contributed by atoms with Gasteiger partial charge in [0.2, 0.25) is 5.91 Å². The molecule has 0 aromatic carbocycles. The van der Waals surface area contributed by atoms with Crippen LogP contribution in [0.3, 0.4) is 0 Å². The van der Waals surface area contributed by atoms with Crippen molar-refractivity contribution >= 4 is 11.9 Å². The van der Waals surface area contributed by atoms with E-state index in [0.717, 1.165) is 32.5 Å². The third kappa shape index (κ3) is 4.09. The van der Waals surface area contributed by atoms with Gasteiger partial charge in [0.05, 0.1) is 12.1 Å². The van der Waals surface area contributed by atoms with Crippen LogP contribution in [-0.2, 0) is 11.3 Å². The number of rotatable bonds is 5. The van der Waals surface area contributed by atoms with Crippen LogP contribution in [0, 0.1) is 5.92 Å². The van der Waals surface area contributed by atoms with Gasteiger partial charge in [-0.1, -0.05) is 0 Å². The van der Waals surface area contributed by atoms with Gasteiger partial charge in [0.25, 0.3) is 0 Å². The number of hydrogen-bond acceptors (Lipinski definition) is 4. The standard InChI is InChI=1S/C14H20N2O4/c1-10(17)15-7-11-2-4-16(5-3-11)8-13-6-12(9-20-13)14(18)19/h6,9,11H,2-5,7-8H2,1H3,(H,15,17)(H,18,19). The van der Waals surface area contributed by atoms with Gasteiger partial charge in [-0.05, 0) is 37.9 Å². The zero-order chi connectivity index (χ0) is 14.5. The first-order chi connectivity index (χ1) is 9.54. The van der Waals surface area contributed by atoms with Gasteiger partial charge in [-0.25, -0.2) is 4.79 Å². The molecule has 6 nitrogen and oxygen atoms in total. The number of carboxylic acid groups (broad SMARTS) is 1. The van der Waals surface area contributed by atoms with Crippen LogP contribution >= 0.6 is 0 Å². The zero-order valence-corrected chi connectivity index (χ0v) is 11.6. The lowest BCUT2D eigenvalue weighted by molar-refractivity contribution is -0.119. The molecule has 0 spiro atoms. The molecule has 110 valence electrons. The van der Waals surface area contributed by atoms with Gasteiger partial charge in [0.1, 0.15) is 12.0 Å². The van der Waals surface area contributed by atoms with Crippen LogP contribution in [0.4, 0.5) is 0 Å². The molecule has 1 aliphatic heterocycles. The minimum Gasteiger partial charge on any atom is -0.478 e. The van der Waals surface area contributed by atoms with E-state index in [-0.39, 0.29) is 11.5 Å². The number of hydrogen-bond donors (Lipinski definition) is 2. The van der Waals surface area contributed by atoms with Crippen molar-refractivity contribution in [2.24, 2.45) is 5.92 Å². The van der Waals surface area contributed by atoms with Crippen molar-refractivity contribution in [2.45, 2.75) is 26.3 Å². The van der Waals surface area contributed by atoms with E-state index in [4.69, 9.17) is 9.52 Å². The second-order valence-corrected chi connectivity index (χ2v) is 5.26. The molecule has 0 saturated carbocycles. The van der Waals surface area contributed by atoms with Crippen LogP contribution in [0.1, 0.15) is 35.9 Å². The quantitative estimate of drug-likeness (QED) is 0.850. The van der Waals surface area contributed by atoms with Gasteiger partial charge in [0.15, 0.2) is 0 Å². The SMILES string of the molecule is CC(=O)NCC1CCN(Cc2cc(C(=O)O)co2)CC1. The second kappa shape index (κ2) is 6.56. The van der Waals surface area contributed by atoms with E-state index >= 15 is 0 Å². The Morgan fingerprint density at radius 1 is 1.45 bits per heavy atom. The lowest BCUT2D eigenvalue weighted by Crippen LogP contribution is -2.37. The van der Waals surface area contributed by atoms with Crippen LogP contribution in [0.25, 0.3) is 0 Å². The lowest BCUT2D eigenvalue weighted by Gasteiger charge is -2.31. The number of likely N-dealkylation sites (tertiary alicyclic amines) is 1. The summed E-state index contributed by atoms with van der Waals surface area (Å²) in [6.07, 6.45) is 3.35. The molecule has 2 heterocycles. The van der Waals surface area contributed by atoms with Crippen molar-refractivity contribution in [3.63, 3.8) is 0 Å². The predicted molar refractivity (Wildman–Crippen MR) is 72.4 cm³/mol. The first-order valence-corrected chi connectivity index (χ1v) is 6.82. The van der Waals surface area contributed by atoms with Gasteiger partial charge >= 0.3 is 5.97 Å². The Labute approximate surface area is 117 Å². The Hall–Kier alpha value is -1.82. The molecular formula is C14H20N2O4. The molecule has 6 heteroatoms. The summed E-state index contributed by atoms with van der Waals surface area (Å²) in [5, 5.41) is 11.7. The van der Waals surface area contributed by atoms with Crippen molar-refractivity contribution in [3.05, 3.63) is 23.7 Å². The molecule has 1 saturated heterocycles. The fourth-order valence-electron chi connectivity index (χ4n) is 2.43. The largest absolute Gasteiger partial charge is 0.478 e. The number of amides is 1. The van der Waals surface area contributed by atoms with Crippen molar-refractivity contribution < 1.29 is 19.1 Å². The summed E-state index contributed by atoms with van der Waals surface area (Å²) >= 11 is 0. The molecule has 0 atom stereocenters. The van der Waals surface area contributed by atoms with E-state index in [0.29, 0.717) is 18.2 Å². The average molecular weight is 280 g/mol. The van der Waals surface area contributed by atoms with Crippen molar-refractivity contribution in [3.8, 4) is 0 Å². The van der Waals surface area contributed by atoms with Gasteiger partial charge < -0.3 is 14.8 Å². The summed E-state index contributed by atoms with van der Waals surface area (Å²) in [4.78, 5) is 23.9. The number of carbonyl (C=O) groups excluding carboxylic acids is 1. The highest BCUT2D eigenvalue weighted by Crippen LogP contribution is 2.19. The van der Waals surface area contributed by atoms with Crippen LogP contribution < -0.4 is 5.32 Å². The Morgan fingerprint density at radius 2 is 2.15 bits per heavy atom. The number of aromatic carboxylic acids is 1. The van der Waals surface area contributed by atoms with Crippen molar-refractivity contribution in [1.29, 1.82) is 0 Å². The predicted octanol–water partition coefficient (Wildman–Crippen LogP) is 1.33. The van der Waals surface area contributed by atoms with Crippen molar-refractivity contribution in [1.82, 2.24) is 10.2 Å². The monoisotopic (exact) mass is 280 g/mol. The van der Waals surface area contributed by atoms with E-state index < -0.39 is 5.97 Å². The minimum atomic E-state index is -0.964. The number of nitrogens with one attached hydrogen (secondary N) is 1. The molecule has 0 aliphatic carbocycles. The Morgan fingerprint density at radius 3 is 2.70 bits per heavy atom. The topological polar surface area (TPSA) is 82.8 Å². The van der Waals surface area contributed by atoms with E-state index in [1.807, 2.05) is 0 Å². The Bertz CT molecular complexity index is 475. The molecule has 1 aromatic rings. The summed E-state index contributed by atoms with van der Waals surface area (Å²) in [6, 6.07) is 1.58. The molecule has 0 bridgehead atoms. The molecule has 0 unspecified atom stereocenters. The normalized spacial score (nSPS) is 17.1. The maximum absolute atomic E-state index is 10.9. The third-order valence-electron chi connectivity index (χ3n) is 3.63. The van der Waals surface area contributed by atoms with Crippen LogP contribution in [0.15, 0.2) is 16.7 Å². The summed E-state index contributed by atoms with van der Waals surface area (Å²) < 4.78 is 5.25. The average Bonchev–Trinajstić information content (AvgIpc) is 2.86. The third-order valence-corrected chi connectivity index (χ3v) is 3.63. The van der Waals surface area contributed by atoms with Crippen molar-refractivity contribution in [2.75, 3.05) is 19.6 Å². The maximum Gasteiger partial charge on any atom is 0.338 e. The van der Waals surface area contributed by atoms with E-state index in [1.165, 1.54) is 13.2 Å². The lowest BCUT2D eigenvalue weighted by atomic mass is 9.96. The molecule has 1 aromatic heterocycles. The summed E-state index contributed by atoms with van der Waals surface area (Å²) in [5.74, 6) is 0.266. The highest BCUT2D eigenvalue weighted by Gasteiger charge is 2.20. The van der Waals surface area contributed by atoms with Gasteiger partial charge in [-0.2, -0.15) is 0 Å². The van der Waals surface area contributed by atoms with Crippen LogP contribution in [0.2, 0.25) is 0 Å². The summed E-state index contributed by atoms with van der Waals surface area (Å²) in [7, 11) is 0. The number of carbonyl (C=O) groups is 2. The summed E-state index contributed by atoms with van der Waals surface area (Å²) in [5.41, 5.74) is 0.195. The molecular weight excluding hydrogens is 260 g/mol. The number of furan rings is 1. The first kappa shape index (κ1) is 14.6. The van der Waals surface area contributed by atoms with Crippen LogP contribution in [0.5, 0.6) is 0 Å². The summed E-state index contributed by atoms with van der Waals surface area (Å²) in [6.45, 7) is 4.79. The van der Waals surface area contributed by atoms with Gasteiger partial charge in [-0.3, -0.25) is 9.69 Å². The molecule has 1 aliphatic rings. The zero-order valence-electron chi connectivity index (χ0n) is 11.6. The van der Waals surface area contributed by atoms with E-state index in [9.17, 15) is 9.59 Å². The number of nitrogens with zero attached hydrogens (tertiary/aromatic N) is 1. The van der Waals surface area contributed by atoms with Gasteiger partial charge in [0, 0.05) is 13.5 Å². The van der Waals surface area contributed by atoms with Gasteiger partial charge in [-0.15, -0.1) is 0 Å². The molecule has 0 radical (unpaired) electrons. The Balaban J connectivity index is 1.76. The second-order valence-electron chi connectivity index (χ2n) is 5.26. The van der Waals surface area contributed by atoms with Crippen LogP contribution in [-0.4, -0.2) is 41.5 Å². The molecule has 20 heavy (non-hydrogen) atoms. The molecule has 1 fully saturated rings. The Kier molecular flexibility index (Phi) is 4.79. The van der Waals surface area contributed by atoms with E-state index in [1.54, 1.807) is 6.07 Å². The number of carboxylic acids is 1. The smallest absolute Gasteiger partial charge is 0.338 e. The fourth-order valence-corrected chi connectivity index (χ4v) is 2.43. The highest BCUT2D eigenvalue weighted by molar-refractivity contribution is 5.87. The first-order valence-electron chi connectivity index (χ1n) is 6.82. The number of piperidine rings is 1. The molecule has 2 N–H and O–H groups in total. The van der Waals surface area contributed by atoms with E-state index in [2.05, 4.69) is 10.2 Å². The highest BCUT2D eigenvalue weighted by atomic mass is 16.4. The fraction of sp³-hybridized carbons (Fsp3) is 0.571. The maximum atomic E-state index is 10.9. The molecule has 1 amide bonds. The minimum absolute atomic E-state index is 0.0178. The molecule has 2 rings (SSSR count).